The van der Waals surface area contributed by atoms with Crippen LogP contribution in [-0.2, 0) is 11.3 Å². The average Bonchev–Trinajstić information content (AvgIpc) is 3.32. The number of benzene rings is 2. The summed E-state index contributed by atoms with van der Waals surface area (Å²) in [6, 6.07) is 11.6. The third kappa shape index (κ3) is 3.19. The van der Waals surface area contributed by atoms with Crippen LogP contribution in [0, 0.1) is 0 Å². The summed E-state index contributed by atoms with van der Waals surface area (Å²) in [5, 5.41) is 11.3. The van der Waals surface area contributed by atoms with Crippen LogP contribution in [0.1, 0.15) is 18.4 Å². The fourth-order valence-electron chi connectivity index (χ4n) is 3.45. The first-order valence-electron chi connectivity index (χ1n) is 8.96. The Morgan fingerprint density at radius 3 is 2.82 bits per heavy atom. The summed E-state index contributed by atoms with van der Waals surface area (Å²) in [5.41, 5.74) is 7.91. The Bertz CT molecular complexity index is 1030. The number of aromatic hydroxyl groups is 1. The second kappa shape index (κ2) is 6.92. The Morgan fingerprint density at radius 1 is 1.29 bits per heavy atom. The van der Waals surface area contributed by atoms with Crippen LogP contribution < -0.4 is 10.5 Å². The number of carbonyl (C=O) groups excluding carboxylic acids is 1. The number of thiazole rings is 1. The summed E-state index contributed by atoms with van der Waals surface area (Å²) in [4.78, 5) is 19.1. The van der Waals surface area contributed by atoms with E-state index in [-0.39, 0.29) is 24.1 Å². The van der Waals surface area contributed by atoms with E-state index >= 15 is 0 Å². The smallest absolute Gasteiger partial charge is 0.243 e. The molecule has 0 unspecified atom stereocenters. The molecule has 1 aliphatic heterocycles. The molecule has 1 aliphatic carbocycles. The van der Waals surface area contributed by atoms with E-state index in [9.17, 15) is 9.90 Å². The number of carbonyl (C=O) groups is 1. The van der Waals surface area contributed by atoms with Crippen molar-refractivity contribution in [1.29, 1.82) is 0 Å². The molecule has 1 amide bonds. The molecule has 1 saturated carbocycles. The standard InChI is InChI=1S/C20H19N3O3S.ClH/c21-20(5-6-20)19(25)23-7-8-26-17-13(11-23)9-12(10-15(17)24)18-22-14-3-1-2-4-16(14)27-18;/h1-4,9-10,24H,5-8,11,21H2;1H. The van der Waals surface area contributed by atoms with Gasteiger partial charge >= 0.3 is 0 Å². The monoisotopic (exact) mass is 417 g/mol. The molecule has 0 spiro atoms. The number of hydrogen-bond acceptors (Lipinski definition) is 6. The minimum absolute atomic E-state index is 0. The number of halogens is 1. The molecule has 0 atom stereocenters. The zero-order chi connectivity index (χ0) is 18.6. The lowest BCUT2D eigenvalue weighted by molar-refractivity contribution is -0.134. The van der Waals surface area contributed by atoms with Gasteiger partial charge in [0.2, 0.25) is 5.91 Å². The molecule has 2 aromatic carbocycles. The predicted octanol–water partition coefficient (Wildman–Crippen LogP) is 3.30. The lowest BCUT2D eigenvalue weighted by Gasteiger charge is -2.23. The van der Waals surface area contributed by atoms with Crippen molar-refractivity contribution in [3.05, 3.63) is 42.0 Å². The Kier molecular flexibility index (Phi) is 4.69. The minimum atomic E-state index is -0.711. The number of hydrogen-bond donors (Lipinski definition) is 2. The van der Waals surface area contributed by atoms with Gasteiger partial charge < -0.3 is 20.5 Å². The van der Waals surface area contributed by atoms with E-state index in [2.05, 4.69) is 4.98 Å². The molecule has 3 N–H and O–H groups in total. The van der Waals surface area contributed by atoms with E-state index in [1.54, 1.807) is 22.3 Å². The second-order valence-electron chi connectivity index (χ2n) is 7.20. The lowest BCUT2D eigenvalue weighted by Crippen LogP contribution is -2.46. The normalized spacial score (nSPS) is 17.2. The summed E-state index contributed by atoms with van der Waals surface area (Å²) in [7, 11) is 0. The molecule has 146 valence electrons. The third-order valence-corrected chi connectivity index (χ3v) is 6.24. The average molecular weight is 418 g/mol. The predicted molar refractivity (Wildman–Crippen MR) is 111 cm³/mol. The zero-order valence-corrected chi connectivity index (χ0v) is 16.7. The number of fused-ring (bicyclic) bond motifs is 2. The van der Waals surface area contributed by atoms with Crippen molar-refractivity contribution < 1.29 is 14.6 Å². The number of rotatable bonds is 2. The van der Waals surface area contributed by atoms with Gasteiger partial charge in [-0.3, -0.25) is 4.79 Å². The van der Waals surface area contributed by atoms with Crippen molar-refractivity contribution in [1.82, 2.24) is 9.88 Å². The van der Waals surface area contributed by atoms with Crippen molar-refractivity contribution in [3.63, 3.8) is 0 Å². The quantitative estimate of drug-likeness (QED) is 0.667. The van der Waals surface area contributed by atoms with Crippen molar-refractivity contribution in [2.24, 2.45) is 5.73 Å². The van der Waals surface area contributed by atoms with E-state index in [0.717, 1.165) is 39.2 Å². The van der Waals surface area contributed by atoms with Gasteiger partial charge in [-0.1, -0.05) is 12.1 Å². The maximum Gasteiger partial charge on any atom is 0.243 e. The molecule has 5 rings (SSSR count). The highest BCUT2D eigenvalue weighted by atomic mass is 35.5. The molecule has 1 aromatic heterocycles. The van der Waals surface area contributed by atoms with Crippen LogP contribution in [0.3, 0.4) is 0 Å². The Balaban J connectivity index is 0.00000192. The van der Waals surface area contributed by atoms with E-state index in [1.807, 2.05) is 30.3 Å². The number of para-hydroxylation sites is 1. The van der Waals surface area contributed by atoms with Crippen LogP contribution in [0.15, 0.2) is 36.4 Å². The molecule has 0 saturated heterocycles. The van der Waals surface area contributed by atoms with E-state index in [1.165, 1.54) is 0 Å². The summed E-state index contributed by atoms with van der Waals surface area (Å²) in [6.07, 6.45) is 1.46. The van der Waals surface area contributed by atoms with Gasteiger partial charge in [0.25, 0.3) is 0 Å². The Hall–Kier alpha value is -2.35. The first-order chi connectivity index (χ1) is 13.0. The molecule has 28 heavy (non-hydrogen) atoms. The van der Waals surface area contributed by atoms with E-state index < -0.39 is 5.54 Å². The number of nitrogens with two attached hydrogens (primary N) is 1. The van der Waals surface area contributed by atoms with Gasteiger partial charge in [-0.25, -0.2) is 4.98 Å². The molecular formula is C20H20ClN3O3S. The molecule has 3 aromatic rings. The van der Waals surface area contributed by atoms with Crippen LogP contribution in [0.25, 0.3) is 20.8 Å². The van der Waals surface area contributed by atoms with Gasteiger partial charge in [-0.2, -0.15) is 0 Å². The van der Waals surface area contributed by atoms with E-state index in [4.69, 9.17) is 10.5 Å². The highest BCUT2D eigenvalue weighted by molar-refractivity contribution is 7.21. The SMILES string of the molecule is Cl.NC1(C(=O)N2CCOc3c(O)cc(-c4nc5ccccc5s4)cc3C2)CC1. The summed E-state index contributed by atoms with van der Waals surface area (Å²) in [6.45, 7) is 1.17. The van der Waals surface area contributed by atoms with Gasteiger partial charge in [0, 0.05) is 17.7 Å². The number of phenols is 1. The molecule has 2 aliphatic rings. The molecule has 2 heterocycles. The fraction of sp³-hybridized carbons (Fsp3) is 0.300. The summed E-state index contributed by atoms with van der Waals surface area (Å²) in [5.74, 6) is 0.478. The van der Waals surface area contributed by atoms with Crippen LogP contribution >= 0.6 is 23.7 Å². The van der Waals surface area contributed by atoms with E-state index in [0.29, 0.717) is 25.4 Å². The lowest BCUT2D eigenvalue weighted by atomic mass is 10.1. The number of aromatic nitrogens is 1. The van der Waals surface area contributed by atoms with Crippen LogP contribution in [-0.4, -0.2) is 39.6 Å². The number of nitrogens with zero attached hydrogens (tertiary/aromatic N) is 2. The van der Waals surface area contributed by atoms with Crippen molar-refractivity contribution in [2.45, 2.75) is 24.9 Å². The van der Waals surface area contributed by atoms with Crippen molar-refractivity contribution in [3.8, 4) is 22.1 Å². The summed E-state index contributed by atoms with van der Waals surface area (Å²) >= 11 is 1.57. The van der Waals surface area contributed by atoms with Crippen molar-refractivity contribution >= 4 is 39.9 Å². The fourth-order valence-corrected chi connectivity index (χ4v) is 4.41. The first-order valence-corrected chi connectivity index (χ1v) is 9.78. The highest BCUT2D eigenvalue weighted by Crippen LogP contribution is 2.41. The van der Waals surface area contributed by atoms with Crippen molar-refractivity contribution in [2.75, 3.05) is 13.2 Å². The third-order valence-electron chi connectivity index (χ3n) is 5.16. The molecule has 1 fully saturated rings. The highest BCUT2D eigenvalue weighted by Gasteiger charge is 2.48. The van der Waals surface area contributed by atoms with Gasteiger partial charge in [-0.15, -0.1) is 23.7 Å². The van der Waals surface area contributed by atoms with Crippen LogP contribution in [0.5, 0.6) is 11.5 Å². The molecule has 6 nitrogen and oxygen atoms in total. The molecule has 0 radical (unpaired) electrons. The molecule has 0 bridgehead atoms. The number of phenolic OH excluding ortho intramolecular Hbond substituents is 1. The maximum atomic E-state index is 12.7. The molecule has 8 heteroatoms. The maximum absolute atomic E-state index is 12.7. The minimum Gasteiger partial charge on any atom is -0.504 e. The van der Waals surface area contributed by atoms with Gasteiger partial charge in [0.05, 0.1) is 22.3 Å². The summed E-state index contributed by atoms with van der Waals surface area (Å²) < 4.78 is 6.83. The van der Waals surface area contributed by atoms with Gasteiger partial charge in [0.1, 0.15) is 11.6 Å². The Labute approximate surface area is 172 Å². The van der Waals surface area contributed by atoms with Crippen LogP contribution in [0.2, 0.25) is 0 Å². The number of amides is 1. The van der Waals surface area contributed by atoms with Gasteiger partial charge in [0.15, 0.2) is 11.5 Å². The first kappa shape index (κ1) is 19.0. The number of ether oxygens (including phenoxy) is 1. The zero-order valence-electron chi connectivity index (χ0n) is 15.1. The van der Waals surface area contributed by atoms with Gasteiger partial charge in [-0.05, 0) is 37.1 Å². The second-order valence-corrected chi connectivity index (χ2v) is 8.23. The largest absolute Gasteiger partial charge is 0.504 e. The Morgan fingerprint density at radius 2 is 2.07 bits per heavy atom. The molecular weight excluding hydrogens is 398 g/mol. The van der Waals surface area contributed by atoms with Crippen LogP contribution in [0.4, 0.5) is 0 Å². The topological polar surface area (TPSA) is 88.7 Å².